The van der Waals surface area contributed by atoms with Gasteiger partial charge in [-0.05, 0) is 243 Å². The molecule has 4 N–H and O–H groups in total. The molecule has 0 radical (unpaired) electrons. The maximum absolute atomic E-state index is 14.0. The van der Waals surface area contributed by atoms with Crippen LogP contribution in [0.15, 0.2) is 118 Å². The molecule has 8 bridgehead atoms. The fraction of sp³-hybridized carbons (Fsp3) is 0.521. The highest BCUT2D eigenvalue weighted by Crippen LogP contribution is 2.94. The standard InChI is InChI=1S/C39H45N7O7S2.C32H39N7O4S/c1-25-6-8-27(9-7-25)55(50,51)53-29-11-13-33-42-34(29)40-20-4-5-26-23-37(2,3)45(24-26)35-28(36(47)44-54(33,48)49)10-12-31(41-35)46-21-14-32(43-46)52-22-15-30-38(16-17-38)39(30)18-19-39;1-30(2)19-21-5-4-16-33-24-6-3-7-27(34-24)44(41,42)37-29(40)22-8-9-25(35-28(22)38(30)20-21)39-17-10-26(36-39)43-18-11-23-31(12-13-31)32(23)14-15-32/h6-14,21,26,30H,4-5,15-20,22-24H2,1-3H3,(H,40,42)(H,44,47);3,6-10,17,21,23H,4-5,11-16,18-20H2,1-2H3,(H,33,34)(H,37,40)/t26-;21-/m00/s1/i15D2;6D,11D2. The average Bonchev–Trinajstić information content (AvgIpc) is 1.44. The van der Waals surface area contributed by atoms with E-state index >= 15 is 0 Å². The van der Waals surface area contributed by atoms with Crippen molar-refractivity contribution in [2.45, 2.75) is 163 Å². The van der Waals surface area contributed by atoms with E-state index in [1.165, 1.54) is 45.8 Å². The summed E-state index contributed by atoms with van der Waals surface area (Å²) < 4.78 is 148. The molecule has 10 aliphatic rings. The van der Waals surface area contributed by atoms with Gasteiger partial charge in [0.25, 0.3) is 31.9 Å². The minimum atomic E-state index is -4.58. The highest BCUT2D eigenvalue weighted by atomic mass is 32.2. The molecule has 4 aliphatic heterocycles. The lowest BCUT2D eigenvalue weighted by atomic mass is 9.93. The monoisotopic (exact) mass is 1410 g/mol. The topological polar surface area (TPSA) is 306 Å². The van der Waals surface area contributed by atoms with E-state index in [1.54, 1.807) is 54.9 Å². The third-order valence-electron chi connectivity index (χ3n) is 22.6. The van der Waals surface area contributed by atoms with E-state index in [0.717, 1.165) is 95.1 Å². The number of sulfonamides is 2. The smallest absolute Gasteiger partial charge is 0.339 e. The normalized spacial score (nSPS) is 25.0. The molecular weight excluding hydrogens is 1320 g/mol. The number of carbonyl (C=O) groups excluding carboxylic acids is 2. The van der Waals surface area contributed by atoms with Gasteiger partial charge in [0.1, 0.15) is 22.3 Å². The number of anilines is 4. The molecular formula is C71H84N14O11S3. The van der Waals surface area contributed by atoms with Crippen molar-refractivity contribution in [3.8, 4) is 29.1 Å². The number of pyridine rings is 4. The first kappa shape index (κ1) is 59.5. The fourth-order valence-electron chi connectivity index (χ4n) is 17.1. The predicted molar refractivity (Wildman–Crippen MR) is 368 cm³/mol. The third kappa shape index (κ3) is 12.0. The van der Waals surface area contributed by atoms with Crippen LogP contribution < -0.4 is 43.5 Å². The van der Waals surface area contributed by atoms with Crippen LogP contribution in [0.25, 0.3) is 11.6 Å². The van der Waals surface area contributed by atoms with Crippen molar-refractivity contribution in [3.05, 3.63) is 120 Å². The van der Waals surface area contributed by atoms with Gasteiger partial charge in [-0.1, -0.05) is 23.8 Å². The largest absolute Gasteiger partial charge is 0.477 e. The zero-order chi connectivity index (χ0) is 73.2. The van der Waals surface area contributed by atoms with Gasteiger partial charge in [0.05, 0.1) is 25.7 Å². The minimum absolute atomic E-state index is 0.0256. The summed E-state index contributed by atoms with van der Waals surface area (Å²) in [5.74, 6) is 0.624. The molecule has 8 fully saturated rings. The van der Waals surface area contributed by atoms with E-state index in [1.807, 2.05) is 11.8 Å². The number of nitrogens with zero attached hydrogens (tertiary/aromatic N) is 10. The summed E-state index contributed by atoms with van der Waals surface area (Å²) >= 11 is 0. The molecule has 17 rings (SSSR count). The van der Waals surface area contributed by atoms with E-state index in [-0.39, 0.29) is 120 Å². The Hall–Kier alpha value is -8.37. The van der Waals surface area contributed by atoms with Crippen molar-refractivity contribution in [2.24, 2.45) is 45.3 Å². The second kappa shape index (κ2) is 23.6. The first-order valence-corrected chi connectivity index (χ1v) is 38.6. The first-order chi connectivity index (χ1) is 49.2. The number of hydrogen-bond donors (Lipinski definition) is 4. The summed E-state index contributed by atoms with van der Waals surface area (Å²) in [6.07, 6.45) is 14.1. The number of ether oxygens (including phenoxy) is 2. The molecule has 2 atom stereocenters. The van der Waals surface area contributed by atoms with Crippen molar-refractivity contribution in [1.82, 2.24) is 48.9 Å². The zero-order valence-corrected chi connectivity index (χ0v) is 58.3. The van der Waals surface area contributed by atoms with Crippen LogP contribution in [0.2, 0.25) is 0 Å². The van der Waals surface area contributed by atoms with Crippen LogP contribution in [-0.4, -0.2) is 127 Å². The van der Waals surface area contributed by atoms with Gasteiger partial charge in [-0.2, -0.15) is 25.3 Å². The maximum atomic E-state index is 14.0. The summed E-state index contributed by atoms with van der Waals surface area (Å²) in [5.41, 5.74) is 0.966. The van der Waals surface area contributed by atoms with Gasteiger partial charge >= 0.3 is 10.1 Å². The van der Waals surface area contributed by atoms with Crippen molar-refractivity contribution in [2.75, 3.05) is 59.8 Å². The van der Waals surface area contributed by atoms with Crippen molar-refractivity contribution in [3.63, 3.8) is 0 Å². The zero-order valence-electron chi connectivity index (χ0n) is 60.9. The van der Waals surface area contributed by atoms with E-state index in [9.17, 15) is 34.8 Å². The van der Waals surface area contributed by atoms with E-state index < -0.39 is 65.3 Å². The number of aromatic nitrogens is 8. The molecule has 7 aromatic rings. The van der Waals surface area contributed by atoms with Gasteiger partial charge in [-0.15, -0.1) is 10.2 Å². The Bertz CT molecular complexity index is 4970. The Labute approximate surface area is 584 Å². The van der Waals surface area contributed by atoms with Crippen LogP contribution in [0.5, 0.6) is 17.5 Å². The Morgan fingerprint density at radius 1 is 0.596 bits per heavy atom. The summed E-state index contributed by atoms with van der Waals surface area (Å²) in [7, 11) is -13.2. The molecule has 6 aliphatic carbocycles. The van der Waals surface area contributed by atoms with Crippen molar-refractivity contribution >= 4 is 65.3 Å². The van der Waals surface area contributed by atoms with Crippen LogP contribution in [0.3, 0.4) is 0 Å². The second-order valence-corrected chi connectivity index (χ2v) is 34.7. The number of benzene rings is 1. The molecule has 25 nitrogen and oxygen atoms in total. The predicted octanol–water partition coefficient (Wildman–Crippen LogP) is 10.2. The van der Waals surface area contributed by atoms with Gasteiger partial charge in [0.15, 0.2) is 33.3 Å². The van der Waals surface area contributed by atoms with Gasteiger partial charge < -0.3 is 34.1 Å². The van der Waals surface area contributed by atoms with Crippen LogP contribution in [0.4, 0.5) is 23.3 Å². The van der Waals surface area contributed by atoms with Gasteiger partial charge in [0, 0.05) is 67.3 Å². The molecule has 99 heavy (non-hydrogen) atoms. The summed E-state index contributed by atoms with van der Waals surface area (Å²) in [4.78, 5) is 49.9. The molecule has 4 spiro atoms. The molecule has 6 saturated carbocycles. The number of hydrogen-bond acceptors (Lipinski definition) is 21. The van der Waals surface area contributed by atoms with Crippen LogP contribution in [-0.2, 0) is 30.2 Å². The Morgan fingerprint density at radius 3 is 1.56 bits per heavy atom. The summed E-state index contributed by atoms with van der Waals surface area (Å²) in [6.45, 7) is 12.0. The Balaban J connectivity index is 0.000000163. The SMILES string of the molecule is [2H]C([2H])(COc1ccn(-c2ccc3c(n2)N2C[C@@H](CCCNc4nc(ccc4OS(=O)(=O)c4ccc(C)cc4)S(=O)(=O)NC3=O)CC2(C)C)n1)C1C2(CC2)C12CC2.[2H]c1ccc2nc1NCCC[C@@H]1CN(c3nc(-n4ccc(OCC([2H])([2H])C5C6(CC6)C56CC6)n4)ccc3C(=O)NS2(=O)=O)C(C)(C)C1. The van der Waals surface area contributed by atoms with Gasteiger partial charge in [-0.3, -0.25) is 9.59 Å². The molecule has 0 unspecified atom stereocenters. The number of rotatable bonds is 13. The molecule has 10 heterocycles. The summed E-state index contributed by atoms with van der Waals surface area (Å²) in [5, 5.41) is 14.4. The van der Waals surface area contributed by atoms with Crippen molar-refractivity contribution in [1.29, 1.82) is 0 Å². The molecule has 522 valence electrons. The first-order valence-electron chi connectivity index (χ1n) is 36.8. The maximum Gasteiger partial charge on any atom is 0.339 e. The third-order valence-corrected chi connectivity index (χ3v) is 26.3. The molecule has 2 amide bonds. The molecule has 6 aromatic heterocycles. The van der Waals surface area contributed by atoms with E-state index in [0.29, 0.717) is 56.0 Å². The number of amides is 2. The van der Waals surface area contributed by atoms with Crippen molar-refractivity contribution < 1.29 is 55.4 Å². The summed E-state index contributed by atoms with van der Waals surface area (Å²) in [6, 6.07) is 20.6. The van der Waals surface area contributed by atoms with Crippen LogP contribution in [0, 0.1) is 52.3 Å². The van der Waals surface area contributed by atoms with Crippen LogP contribution in [0.1, 0.15) is 163 Å². The number of fused-ring (bicyclic) bond motifs is 14. The van der Waals surface area contributed by atoms with E-state index in [4.69, 9.17) is 30.5 Å². The van der Waals surface area contributed by atoms with Crippen LogP contribution >= 0.6 is 0 Å². The highest BCUT2D eigenvalue weighted by Gasteiger charge is 2.86. The lowest BCUT2D eigenvalue weighted by Crippen LogP contribution is -2.41. The lowest BCUT2D eigenvalue weighted by molar-refractivity contribution is 0.0972. The second-order valence-electron chi connectivity index (χ2n) is 29.9. The number of nitrogens with one attached hydrogen (secondary N) is 4. The van der Waals surface area contributed by atoms with Gasteiger partial charge in [-0.25, -0.2) is 38.7 Å². The number of aryl methyl sites for hydroxylation is 1. The molecule has 2 saturated heterocycles. The number of carbonyl (C=O) groups is 2. The Kier molecular flexibility index (Phi) is 14.2. The lowest BCUT2D eigenvalue weighted by Gasteiger charge is -2.34. The van der Waals surface area contributed by atoms with E-state index in [2.05, 4.69) is 72.8 Å². The quantitative estimate of drug-likeness (QED) is 0.0780. The fourth-order valence-corrected chi connectivity index (χ4v) is 19.8. The highest BCUT2D eigenvalue weighted by molar-refractivity contribution is 7.90. The molecule has 28 heteroatoms. The minimum Gasteiger partial charge on any atom is -0.477 e. The Morgan fingerprint density at radius 2 is 1.07 bits per heavy atom. The average molecular weight is 1410 g/mol. The van der Waals surface area contributed by atoms with Gasteiger partial charge in [0.2, 0.25) is 11.8 Å². The molecule has 1 aromatic carbocycles.